The molecule has 34 heteroatoms. The molecular weight excluding hydrogens is 2060 g/mol. The van der Waals surface area contributed by atoms with Crippen molar-refractivity contribution in [2.45, 2.75) is 223 Å². The predicted octanol–water partition coefficient (Wildman–Crippen LogP) is 25.4. The van der Waals surface area contributed by atoms with Crippen LogP contribution in [-0.4, -0.2) is 237 Å². The molecule has 26 nitrogen and oxygen atoms in total. The van der Waals surface area contributed by atoms with Crippen LogP contribution >= 0.6 is 92.8 Å². The van der Waals surface area contributed by atoms with Gasteiger partial charge < -0.3 is 63.8 Å². The molecule has 0 radical (unpaired) electrons. The van der Waals surface area contributed by atoms with E-state index >= 15 is 0 Å². The second kappa shape index (κ2) is 66.0. The predicted molar refractivity (Wildman–Crippen MR) is 612 cm³/mol. The van der Waals surface area contributed by atoms with E-state index in [2.05, 4.69) is 73.6 Å². The van der Waals surface area contributed by atoms with E-state index in [1.165, 1.54) is 54.6 Å². The molecule has 8 aromatic rings. The van der Waals surface area contributed by atoms with E-state index in [1.807, 2.05) is 133 Å². The van der Waals surface area contributed by atoms with Crippen molar-refractivity contribution in [2.75, 3.05) is 211 Å². The number of piperazine rings is 4. The van der Waals surface area contributed by atoms with Crippen LogP contribution in [0.15, 0.2) is 146 Å². The molecule has 4 fully saturated rings. The number of amides is 4. The minimum atomic E-state index is -0.457. The maximum absolute atomic E-state index is 12.8. The third kappa shape index (κ3) is 39.4. The molecule has 16 rings (SSSR count). The average Bonchev–Trinajstić information content (AvgIpc) is 0.794. The van der Waals surface area contributed by atoms with Crippen molar-refractivity contribution in [3.8, 4) is 23.0 Å². The highest BCUT2D eigenvalue weighted by atomic mass is 35.5. The summed E-state index contributed by atoms with van der Waals surface area (Å²) in [6, 6.07) is 46.9. The monoisotopic (exact) mass is 2210 g/mol. The fourth-order valence-corrected chi connectivity index (χ4v) is 20.4. The third-order valence-electron chi connectivity index (χ3n) is 27.4. The van der Waals surface area contributed by atoms with Crippen LogP contribution in [0.5, 0.6) is 23.0 Å². The molecule has 816 valence electrons. The van der Waals surface area contributed by atoms with Crippen molar-refractivity contribution in [2.24, 2.45) is 0 Å². The lowest BCUT2D eigenvalue weighted by Gasteiger charge is -2.36. The van der Waals surface area contributed by atoms with Gasteiger partial charge >= 0.3 is 17.9 Å². The zero-order valence-corrected chi connectivity index (χ0v) is 90.8. The Balaban J connectivity index is 0.000000215. The molecule has 0 atom stereocenters. The smallest absolute Gasteiger partial charge is 0.313 e. The van der Waals surface area contributed by atoms with Gasteiger partial charge in [0.15, 0.2) is 6.73 Å². The van der Waals surface area contributed by atoms with Gasteiger partial charge in [-0.1, -0.05) is 236 Å². The van der Waals surface area contributed by atoms with Gasteiger partial charge in [-0.15, -0.1) is 0 Å². The molecule has 0 saturated carbocycles. The summed E-state index contributed by atoms with van der Waals surface area (Å²) in [5.74, 6) is 2.07. The summed E-state index contributed by atoms with van der Waals surface area (Å²) in [7, 11) is 0. The van der Waals surface area contributed by atoms with Crippen LogP contribution in [0.2, 0.25) is 40.2 Å². The molecule has 8 heterocycles. The first kappa shape index (κ1) is 123. The molecule has 3 N–H and O–H groups in total. The molecule has 8 aliphatic heterocycles. The van der Waals surface area contributed by atoms with Gasteiger partial charge in [-0.2, -0.15) is 0 Å². The SMILES string of the molecule is C.C.C.CCC(=O)OC(=O)CC.CCCCCCCCCCCC(=O)OCN1C(=O)CCc2ccc(OCCCCN3CCN(c4cccc(Cl)c4Cl)CC3)cc21.O=C1CCc2ccc(OCCCCN3CCN(c4cccc(Cl)c4Cl)CC3)cc2N1.O=C1CCc2ccc(OCCCCN3CCN(c4cccc(Cl)c4Cl)CC3)cc2N1.O=C1CCc2ccc(OCCCCN3CCN(c4cccc(Cl)c4Cl)CC3)cc2N1CO. The number of aliphatic hydroxyl groups is 1. The van der Waals surface area contributed by atoms with E-state index in [0.29, 0.717) is 112 Å². The number of hydrogen-bond donors (Lipinski definition) is 3. The lowest BCUT2D eigenvalue weighted by molar-refractivity contribution is -0.159. The molecule has 0 spiro atoms. The van der Waals surface area contributed by atoms with E-state index < -0.39 is 11.9 Å². The van der Waals surface area contributed by atoms with Crippen molar-refractivity contribution >= 4 is 180 Å². The van der Waals surface area contributed by atoms with Gasteiger partial charge in [0.05, 0.1) is 101 Å². The quantitative estimate of drug-likeness (QED) is 0.0182. The number of carbonyl (C=O) groups is 7. The fraction of sp³-hybridized carbons (Fsp3) is 0.522. The van der Waals surface area contributed by atoms with E-state index in [9.17, 15) is 38.7 Å². The van der Waals surface area contributed by atoms with Crippen LogP contribution in [0.4, 0.5) is 45.5 Å². The molecule has 8 aliphatic rings. The highest BCUT2D eigenvalue weighted by molar-refractivity contribution is 6.45. The Morgan fingerprint density at radius 3 is 0.933 bits per heavy atom. The largest absolute Gasteiger partial charge is 0.494 e. The van der Waals surface area contributed by atoms with E-state index in [-0.39, 0.29) is 78.2 Å². The molecule has 8 aromatic carbocycles. The van der Waals surface area contributed by atoms with Crippen molar-refractivity contribution in [1.82, 2.24) is 19.6 Å². The fourth-order valence-electron chi connectivity index (χ4n) is 18.8. The van der Waals surface area contributed by atoms with Crippen LogP contribution in [0, 0.1) is 0 Å². The Kier molecular flexibility index (Phi) is 54.6. The van der Waals surface area contributed by atoms with Crippen molar-refractivity contribution in [1.29, 1.82) is 0 Å². The van der Waals surface area contributed by atoms with Gasteiger partial charge in [-0.3, -0.25) is 63.0 Å². The first-order valence-electron chi connectivity index (χ1n) is 52.3. The molecule has 4 saturated heterocycles. The second-order valence-corrected chi connectivity index (χ2v) is 40.8. The standard InChI is InChI=1S/C36H51Cl2N3O4.C24H29Cl2N3O3.2C23H27Cl2N3O2.C6H10O3.3CH4/c1-2-3-4-5-6-7-8-9-10-16-35(43)45-28-41-33-27-30(19-17-29(33)18-20-34(41)42)44-26-12-11-21-39-22-24-40(25-23-39)32-15-13-14-31(37)36(32)38;25-20-4-3-5-21(24(20)26)28-13-11-27(12-14-28)10-1-2-15-32-19-8-6-18-7-9-23(31)29(17-30)22(18)16-19;2*24-19-4-3-5-21(23(19)25)28-13-11-27(12-14-28)10-1-2-15-30-18-8-6-17-7-9-22(29)26-20(17)16-18;1-3-5(7)9-6(8)4-2;;;/h13-15,17,19,27H,2-12,16,18,20-26,28H2,1H3;3-6,8,16,30H,1-2,7,9-15,17H2;2*3-6,8,16H,1-2,7,9-15H2,(H,26,29);3-4H2,1-2H3;3*1H4. The number of esters is 3. The number of benzene rings is 8. The summed E-state index contributed by atoms with van der Waals surface area (Å²) in [6.07, 6.45) is 24.9. The number of unbranched alkanes of at least 4 members (excludes halogenated alkanes) is 12. The van der Waals surface area contributed by atoms with Crippen LogP contribution < -0.4 is 59.0 Å². The number of rotatable bonds is 43. The van der Waals surface area contributed by atoms with E-state index in [0.717, 1.165) is 294 Å². The molecule has 149 heavy (non-hydrogen) atoms. The minimum absolute atomic E-state index is 0. The third-order valence-corrected chi connectivity index (χ3v) is 30.6. The van der Waals surface area contributed by atoms with Crippen LogP contribution in [0.3, 0.4) is 0 Å². The van der Waals surface area contributed by atoms with Gasteiger partial charge in [0.1, 0.15) is 29.7 Å². The normalized spacial score (nSPS) is 15.6. The Bertz CT molecular complexity index is 5370. The molecule has 4 amide bonds. The van der Waals surface area contributed by atoms with Crippen molar-refractivity contribution in [3.05, 3.63) is 208 Å². The molecule has 0 aliphatic carbocycles. The van der Waals surface area contributed by atoms with Gasteiger partial charge in [0, 0.05) is 185 Å². The number of halogens is 8. The summed E-state index contributed by atoms with van der Waals surface area (Å²) < 4.78 is 33.6. The highest BCUT2D eigenvalue weighted by Gasteiger charge is 2.31. The summed E-state index contributed by atoms with van der Waals surface area (Å²) in [4.78, 5) is 103. The maximum atomic E-state index is 12.8. The Morgan fingerprint density at radius 1 is 0.315 bits per heavy atom. The minimum Gasteiger partial charge on any atom is -0.494 e. The first-order valence-corrected chi connectivity index (χ1v) is 55.3. The number of ether oxygens (including phenoxy) is 6. The Labute approximate surface area is 924 Å². The Morgan fingerprint density at radius 2 is 0.611 bits per heavy atom. The average molecular weight is 2210 g/mol. The summed E-state index contributed by atoms with van der Waals surface area (Å²) in [6.45, 7) is 27.6. The number of aryl methyl sites for hydroxylation is 4. The molecular formula is C115H156Cl8N12O14. The number of fused-ring (bicyclic) bond motifs is 4. The summed E-state index contributed by atoms with van der Waals surface area (Å²) in [5.41, 5.74) is 11.9. The zero-order valence-electron chi connectivity index (χ0n) is 84.8. The number of nitrogens with zero attached hydrogens (tertiary/aromatic N) is 10. The number of nitrogens with one attached hydrogen (secondary N) is 2. The first-order chi connectivity index (χ1) is 70.9. The zero-order chi connectivity index (χ0) is 103. The topological polar surface area (TPSA) is 252 Å². The van der Waals surface area contributed by atoms with Crippen LogP contribution in [-0.2, 0) is 68.7 Å². The van der Waals surface area contributed by atoms with Crippen molar-refractivity contribution in [3.63, 3.8) is 0 Å². The number of carbonyl (C=O) groups excluding carboxylic acids is 7. The van der Waals surface area contributed by atoms with Crippen molar-refractivity contribution < 1.29 is 67.1 Å². The lowest BCUT2D eigenvalue weighted by atomic mass is 10.0. The van der Waals surface area contributed by atoms with E-state index in [1.54, 1.807) is 18.7 Å². The van der Waals surface area contributed by atoms with Crippen LogP contribution in [0.25, 0.3) is 0 Å². The van der Waals surface area contributed by atoms with Gasteiger partial charge in [-0.25, -0.2) is 0 Å². The number of hydrogen-bond acceptors (Lipinski definition) is 22. The van der Waals surface area contributed by atoms with E-state index in [4.69, 9.17) is 116 Å². The summed E-state index contributed by atoms with van der Waals surface area (Å²) >= 11 is 50.1. The lowest BCUT2D eigenvalue weighted by Crippen LogP contribution is -2.46. The van der Waals surface area contributed by atoms with Gasteiger partial charge in [0.2, 0.25) is 23.6 Å². The molecule has 0 unspecified atom stereocenters. The highest BCUT2D eigenvalue weighted by Crippen LogP contribution is 2.41. The second-order valence-electron chi connectivity index (χ2n) is 37.7. The number of anilines is 8. The summed E-state index contributed by atoms with van der Waals surface area (Å²) in [5, 5.41) is 20.3. The number of aliphatic hydroxyl groups excluding tert-OH is 1. The molecule has 0 aromatic heterocycles. The molecule has 0 bridgehead atoms. The maximum Gasteiger partial charge on any atom is 0.313 e. The van der Waals surface area contributed by atoms with Gasteiger partial charge in [0.25, 0.3) is 0 Å². The van der Waals surface area contributed by atoms with Gasteiger partial charge in [-0.05, 0) is 205 Å². The van der Waals surface area contributed by atoms with Crippen LogP contribution in [0.1, 0.15) is 219 Å². The Hall–Kier alpha value is -9.23.